The Balaban J connectivity index is 2.47. The number of hydrogen-bond acceptors (Lipinski definition) is 2. The summed E-state index contributed by atoms with van der Waals surface area (Å²) in [6.45, 7) is 15.1. The van der Waals surface area contributed by atoms with Gasteiger partial charge in [0.15, 0.2) is 0 Å². The summed E-state index contributed by atoms with van der Waals surface area (Å²) < 4.78 is 3.74. The van der Waals surface area contributed by atoms with Crippen LogP contribution in [0.1, 0.15) is 47.5 Å². The van der Waals surface area contributed by atoms with Crippen LogP contribution < -0.4 is 0 Å². The molecule has 2 nitrogen and oxygen atoms in total. The zero-order valence-corrected chi connectivity index (χ0v) is 18.0. The lowest BCUT2D eigenvalue weighted by atomic mass is 9.86. The van der Waals surface area contributed by atoms with Crippen molar-refractivity contribution in [2.24, 2.45) is 5.41 Å². The second-order valence-corrected chi connectivity index (χ2v) is 11.5. The molecule has 0 saturated carbocycles. The van der Waals surface area contributed by atoms with Gasteiger partial charge < -0.3 is 4.48 Å². The Labute approximate surface area is 155 Å². The van der Waals surface area contributed by atoms with Gasteiger partial charge in [-0.05, 0) is 39.2 Å². The van der Waals surface area contributed by atoms with Crippen LogP contribution in [-0.4, -0.2) is 54.3 Å². The van der Waals surface area contributed by atoms with Crippen LogP contribution in [0.2, 0.25) is 0 Å². The lowest BCUT2D eigenvalue weighted by Crippen LogP contribution is -2.45. The van der Waals surface area contributed by atoms with Gasteiger partial charge in [-0.15, -0.1) is 0 Å². The number of rotatable bonds is 8. The fourth-order valence-corrected chi connectivity index (χ4v) is 5.02. The first-order valence-corrected chi connectivity index (χ1v) is 9.90. The van der Waals surface area contributed by atoms with Crippen LogP contribution in [0.5, 0.6) is 0 Å². The Bertz CT molecular complexity index is 479. The van der Waals surface area contributed by atoms with Gasteiger partial charge in [0.25, 0.3) is 0 Å². The van der Waals surface area contributed by atoms with Crippen molar-refractivity contribution in [3.05, 3.63) is 36.0 Å². The third kappa shape index (κ3) is 9.71. The molecule has 0 N–H and O–H groups in total. The minimum absolute atomic E-state index is 0.280. The van der Waals surface area contributed by atoms with Crippen LogP contribution >= 0.6 is 11.9 Å². The molecule has 24 heavy (non-hydrogen) atoms. The lowest BCUT2D eigenvalue weighted by molar-refractivity contribution is -0.884. The molecule has 0 amide bonds. The average molecular weight is 352 g/mol. The van der Waals surface area contributed by atoms with E-state index in [0.29, 0.717) is 5.41 Å². The Morgan fingerprint density at radius 2 is 1.79 bits per heavy atom. The molecule has 3 heteroatoms. The molecule has 1 aliphatic carbocycles. The van der Waals surface area contributed by atoms with E-state index < -0.39 is 0 Å². The van der Waals surface area contributed by atoms with Crippen molar-refractivity contribution in [2.75, 3.05) is 40.8 Å². The third-order valence-electron chi connectivity index (χ3n) is 4.06. The average Bonchev–Trinajstić information content (AvgIpc) is 2.61. The summed E-state index contributed by atoms with van der Waals surface area (Å²) in [6, 6.07) is 0. The predicted molar refractivity (Wildman–Crippen MR) is 111 cm³/mol. The van der Waals surface area contributed by atoms with Gasteiger partial charge in [0.1, 0.15) is 6.54 Å². The fourth-order valence-electron chi connectivity index (χ4n) is 3.50. The summed E-state index contributed by atoms with van der Waals surface area (Å²) in [5, 5.41) is 0. The second kappa shape index (κ2) is 8.73. The van der Waals surface area contributed by atoms with E-state index in [9.17, 15) is 0 Å². The first kappa shape index (κ1) is 21.5. The largest absolute Gasteiger partial charge is 0.324 e. The SMILES string of the molecule is CN(CC[N+](C)(C)CC1=CCC=CC=C1)SC(C)(C)CC(C)(C)C. The Morgan fingerprint density at radius 1 is 1.12 bits per heavy atom. The van der Waals surface area contributed by atoms with Gasteiger partial charge in [0.05, 0.1) is 27.2 Å². The van der Waals surface area contributed by atoms with Gasteiger partial charge in [-0.25, -0.2) is 4.31 Å². The number of hydrogen-bond donors (Lipinski definition) is 0. The molecule has 0 radical (unpaired) electrons. The normalized spacial score (nSPS) is 16.5. The van der Waals surface area contributed by atoms with Gasteiger partial charge in [-0.1, -0.05) is 63.1 Å². The van der Waals surface area contributed by atoms with Crippen LogP contribution in [0, 0.1) is 5.41 Å². The summed E-state index contributed by atoms with van der Waals surface area (Å²) in [5.41, 5.74) is 1.83. The third-order valence-corrected chi connectivity index (χ3v) is 5.20. The van der Waals surface area contributed by atoms with Crippen LogP contribution in [0.25, 0.3) is 0 Å². The molecule has 1 aliphatic rings. The van der Waals surface area contributed by atoms with Crippen molar-refractivity contribution in [1.82, 2.24) is 4.31 Å². The van der Waals surface area contributed by atoms with Gasteiger partial charge in [0, 0.05) is 10.3 Å². The van der Waals surface area contributed by atoms with E-state index in [4.69, 9.17) is 0 Å². The Hall–Kier alpha value is -0.510. The fraction of sp³-hybridized carbons (Fsp3) is 0.714. The number of allylic oxidation sites excluding steroid dienone is 4. The zero-order valence-electron chi connectivity index (χ0n) is 17.2. The quantitative estimate of drug-likeness (QED) is 0.431. The first-order chi connectivity index (χ1) is 10.9. The highest BCUT2D eigenvalue weighted by Gasteiger charge is 2.28. The highest BCUT2D eigenvalue weighted by Crippen LogP contribution is 2.37. The van der Waals surface area contributed by atoms with E-state index in [1.165, 1.54) is 12.0 Å². The van der Waals surface area contributed by atoms with Crippen molar-refractivity contribution in [3.8, 4) is 0 Å². The molecule has 0 saturated heterocycles. The molecule has 0 heterocycles. The van der Waals surface area contributed by atoms with Crippen LogP contribution in [0.15, 0.2) is 36.0 Å². The summed E-state index contributed by atoms with van der Waals surface area (Å²) in [5.74, 6) is 0. The topological polar surface area (TPSA) is 3.24 Å². The maximum atomic E-state index is 2.44. The highest BCUT2D eigenvalue weighted by molar-refractivity contribution is 7.98. The van der Waals surface area contributed by atoms with Crippen molar-refractivity contribution in [3.63, 3.8) is 0 Å². The molecule has 0 aromatic carbocycles. The summed E-state index contributed by atoms with van der Waals surface area (Å²) in [4.78, 5) is 0. The summed E-state index contributed by atoms with van der Waals surface area (Å²) in [7, 11) is 6.92. The molecule has 1 rings (SSSR count). The van der Waals surface area contributed by atoms with Crippen molar-refractivity contribution in [1.29, 1.82) is 0 Å². The highest BCUT2D eigenvalue weighted by atomic mass is 32.2. The predicted octanol–water partition coefficient (Wildman–Crippen LogP) is 5.30. The molecule has 0 bridgehead atoms. The molecule has 0 fully saturated rings. The molecule has 0 unspecified atom stereocenters. The van der Waals surface area contributed by atoms with E-state index in [-0.39, 0.29) is 4.75 Å². The number of nitrogens with zero attached hydrogens (tertiary/aromatic N) is 2. The molecular formula is C21H39N2S+. The first-order valence-electron chi connectivity index (χ1n) is 9.13. The second-order valence-electron chi connectivity index (χ2n) is 9.56. The van der Waals surface area contributed by atoms with Crippen LogP contribution in [-0.2, 0) is 0 Å². The molecule has 0 spiro atoms. The molecular weight excluding hydrogens is 312 g/mol. The van der Waals surface area contributed by atoms with E-state index >= 15 is 0 Å². The minimum atomic E-state index is 0.280. The van der Waals surface area contributed by atoms with Gasteiger partial charge >= 0.3 is 0 Å². The zero-order chi connectivity index (χ0) is 18.4. The molecule has 0 atom stereocenters. The van der Waals surface area contributed by atoms with Gasteiger partial charge in [-0.2, -0.15) is 0 Å². The van der Waals surface area contributed by atoms with Crippen LogP contribution in [0.3, 0.4) is 0 Å². The Morgan fingerprint density at radius 3 is 2.42 bits per heavy atom. The van der Waals surface area contributed by atoms with E-state index in [1.54, 1.807) is 0 Å². The maximum absolute atomic E-state index is 2.44. The van der Waals surface area contributed by atoms with Gasteiger partial charge in [-0.3, -0.25) is 0 Å². The van der Waals surface area contributed by atoms with Crippen LogP contribution in [0.4, 0.5) is 0 Å². The smallest absolute Gasteiger partial charge is 0.104 e. The van der Waals surface area contributed by atoms with Crippen molar-refractivity contribution >= 4 is 11.9 Å². The molecule has 138 valence electrons. The van der Waals surface area contributed by atoms with Crippen molar-refractivity contribution < 1.29 is 4.48 Å². The molecule has 0 aliphatic heterocycles. The molecule has 0 aromatic heterocycles. The van der Waals surface area contributed by atoms with E-state index in [2.05, 4.69) is 90.4 Å². The monoisotopic (exact) mass is 351 g/mol. The molecule has 0 aromatic rings. The van der Waals surface area contributed by atoms with Crippen molar-refractivity contribution in [2.45, 2.75) is 52.2 Å². The van der Waals surface area contributed by atoms with Gasteiger partial charge in [0.2, 0.25) is 0 Å². The number of quaternary nitrogens is 1. The Kier molecular flexibility index (Phi) is 7.83. The maximum Gasteiger partial charge on any atom is 0.104 e. The standard InChI is InChI=1S/C21H39N2S/c1-20(2,3)18-21(4,5)24-22(6)15-16-23(7,8)17-19-13-11-9-10-12-14-19/h9-11,13-14H,12,15-18H2,1-8H3/q+1. The van der Waals surface area contributed by atoms with E-state index in [0.717, 1.165) is 30.5 Å². The lowest BCUT2D eigenvalue weighted by Gasteiger charge is -2.36. The minimum Gasteiger partial charge on any atom is -0.324 e. The summed E-state index contributed by atoms with van der Waals surface area (Å²) in [6.07, 6.45) is 13.4. The summed E-state index contributed by atoms with van der Waals surface area (Å²) >= 11 is 2.00. The van der Waals surface area contributed by atoms with E-state index in [1.807, 2.05) is 11.9 Å². The number of likely N-dealkylation sites (N-methyl/N-ethyl adjacent to an activating group) is 2.